The lowest BCUT2D eigenvalue weighted by molar-refractivity contribution is 0.0942. The Bertz CT molecular complexity index is 394. The van der Waals surface area contributed by atoms with Crippen molar-refractivity contribution < 1.29 is 14.6 Å². The number of nitrogens with one attached hydrogen (secondary N) is 1. The zero-order valence-corrected chi connectivity index (χ0v) is 10.6. The Morgan fingerprint density at radius 3 is 2.94 bits per heavy atom. The number of carbonyl (C=O) groups excluding carboxylic acids is 1. The topological polar surface area (TPSA) is 84.6 Å². The third kappa shape index (κ3) is 4.63. The number of nitrogens with two attached hydrogens (primary N) is 1. The van der Waals surface area contributed by atoms with Crippen LogP contribution in [0, 0.1) is 0 Å². The average molecular weight is 252 g/mol. The van der Waals surface area contributed by atoms with Gasteiger partial charge in [-0.3, -0.25) is 4.79 Å². The minimum atomic E-state index is -0.279. The van der Waals surface area contributed by atoms with E-state index in [1.54, 1.807) is 0 Å². The number of aromatic hydroxyl groups is 1. The molecule has 0 heterocycles. The monoisotopic (exact) mass is 252 g/mol. The molecular formula is C13H20N2O3. The number of rotatable bonds is 7. The Labute approximate surface area is 107 Å². The summed E-state index contributed by atoms with van der Waals surface area (Å²) in [5, 5.41) is 12.0. The molecule has 0 aliphatic heterocycles. The smallest absolute Gasteiger partial charge is 0.253 e. The maximum absolute atomic E-state index is 11.8. The normalized spacial score (nSPS) is 10.3. The van der Waals surface area contributed by atoms with E-state index >= 15 is 0 Å². The van der Waals surface area contributed by atoms with Crippen molar-refractivity contribution >= 4 is 11.6 Å². The molecule has 0 aliphatic carbocycles. The number of amides is 1. The van der Waals surface area contributed by atoms with E-state index in [0.29, 0.717) is 24.4 Å². The van der Waals surface area contributed by atoms with Gasteiger partial charge >= 0.3 is 0 Å². The first-order chi connectivity index (χ1) is 8.65. The first-order valence-corrected chi connectivity index (χ1v) is 6.09. The lowest BCUT2D eigenvalue weighted by atomic mass is 10.1. The van der Waals surface area contributed by atoms with Crippen molar-refractivity contribution in [1.29, 1.82) is 0 Å². The van der Waals surface area contributed by atoms with Gasteiger partial charge in [-0.05, 0) is 31.0 Å². The minimum Gasteiger partial charge on any atom is -0.508 e. The first-order valence-electron chi connectivity index (χ1n) is 6.09. The number of carbonyl (C=O) groups is 1. The summed E-state index contributed by atoms with van der Waals surface area (Å²) in [7, 11) is 0. The third-order valence-corrected chi connectivity index (χ3v) is 2.38. The third-order valence-electron chi connectivity index (χ3n) is 2.38. The molecule has 4 N–H and O–H groups in total. The number of phenolic OH excluding ortho intramolecular Hbond substituents is 1. The van der Waals surface area contributed by atoms with Crippen molar-refractivity contribution in [2.24, 2.45) is 0 Å². The molecule has 0 radical (unpaired) electrons. The van der Waals surface area contributed by atoms with Gasteiger partial charge < -0.3 is 20.9 Å². The second-order valence-electron chi connectivity index (χ2n) is 3.99. The highest BCUT2D eigenvalue weighted by Crippen LogP contribution is 2.18. The lowest BCUT2D eigenvalue weighted by Gasteiger charge is -2.08. The predicted molar refractivity (Wildman–Crippen MR) is 70.6 cm³/mol. The SMILES string of the molecule is CCCOCCCNC(=O)c1cc(O)ccc1N. The number of hydrogen-bond acceptors (Lipinski definition) is 4. The number of benzene rings is 1. The van der Waals surface area contributed by atoms with Gasteiger partial charge in [0.05, 0.1) is 5.56 Å². The summed E-state index contributed by atoms with van der Waals surface area (Å²) >= 11 is 0. The van der Waals surface area contributed by atoms with Crippen LogP contribution in [0.25, 0.3) is 0 Å². The molecule has 100 valence electrons. The Morgan fingerprint density at radius 1 is 1.44 bits per heavy atom. The summed E-state index contributed by atoms with van der Waals surface area (Å²) in [6, 6.07) is 4.32. The molecule has 1 amide bonds. The molecule has 1 aromatic carbocycles. The van der Waals surface area contributed by atoms with E-state index in [1.165, 1.54) is 18.2 Å². The Kier molecular flexibility index (Phi) is 6.00. The van der Waals surface area contributed by atoms with Crippen molar-refractivity contribution in [3.63, 3.8) is 0 Å². The average Bonchev–Trinajstić information content (AvgIpc) is 2.36. The van der Waals surface area contributed by atoms with Crippen LogP contribution in [0.3, 0.4) is 0 Å². The molecule has 0 atom stereocenters. The molecule has 0 saturated heterocycles. The van der Waals surface area contributed by atoms with E-state index in [4.69, 9.17) is 10.5 Å². The second-order valence-corrected chi connectivity index (χ2v) is 3.99. The van der Waals surface area contributed by atoms with E-state index in [0.717, 1.165) is 19.4 Å². The standard InChI is InChI=1S/C13H20N2O3/c1-2-7-18-8-3-6-15-13(17)11-9-10(16)4-5-12(11)14/h4-5,9,16H,2-3,6-8,14H2,1H3,(H,15,17). The van der Waals surface area contributed by atoms with Gasteiger partial charge in [-0.1, -0.05) is 6.92 Å². The minimum absolute atomic E-state index is 0.0284. The maximum atomic E-state index is 11.8. The van der Waals surface area contributed by atoms with Crippen LogP contribution >= 0.6 is 0 Å². The van der Waals surface area contributed by atoms with Gasteiger partial charge in [0, 0.05) is 25.4 Å². The van der Waals surface area contributed by atoms with Crippen LogP contribution in [0.5, 0.6) is 5.75 Å². The second kappa shape index (κ2) is 7.55. The van der Waals surface area contributed by atoms with Gasteiger partial charge in [0.15, 0.2) is 0 Å². The maximum Gasteiger partial charge on any atom is 0.253 e. The lowest BCUT2D eigenvalue weighted by Crippen LogP contribution is -2.26. The number of phenols is 1. The molecule has 0 bridgehead atoms. The van der Waals surface area contributed by atoms with Crippen molar-refractivity contribution in [1.82, 2.24) is 5.32 Å². The quantitative estimate of drug-likeness (QED) is 0.390. The number of nitrogen functional groups attached to an aromatic ring is 1. The fourth-order valence-corrected chi connectivity index (χ4v) is 1.46. The number of anilines is 1. The van der Waals surface area contributed by atoms with Gasteiger partial charge in [-0.2, -0.15) is 0 Å². The Balaban J connectivity index is 2.34. The van der Waals surface area contributed by atoms with Crippen molar-refractivity contribution in [3.05, 3.63) is 23.8 Å². The van der Waals surface area contributed by atoms with Crippen LogP contribution in [-0.4, -0.2) is 30.8 Å². The number of ether oxygens (including phenoxy) is 1. The summed E-state index contributed by atoms with van der Waals surface area (Å²) in [5.41, 5.74) is 6.31. The molecular weight excluding hydrogens is 232 g/mol. The van der Waals surface area contributed by atoms with Crippen molar-refractivity contribution in [2.45, 2.75) is 19.8 Å². The van der Waals surface area contributed by atoms with E-state index in [1.807, 2.05) is 6.92 Å². The molecule has 0 aliphatic rings. The molecule has 0 saturated carbocycles. The summed E-state index contributed by atoms with van der Waals surface area (Å²) in [6.07, 6.45) is 1.75. The predicted octanol–water partition coefficient (Wildman–Crippen LogP) is 1.52. The van der Waals surface area contributed by atoms with Gasteiger partial charge in [0.2, 0.25) is 0 Å². The molecule has 1 rings (SSSR count). The van der Waals surface area contributed by atoms with E-state index < -0.39 is 0 Å². The van der Waals surface area contributed by atoms with Crippen molar-refractivity contribution in [2.75, 3.05) is 25.5 Å². The Morgan fingerprint density at radius 2 is 2.22 bits per heavy atom. The highest BCUT2D eigenvalue weighted by atomic mass is 16.5. The summed E-state index contributed by atoms with van der Waals surface area (Å²) in [5.74, 6) is -0.250. The van der Waals surface area contributed by atoms with Gasteiger partial charge in [-0.25, -0.2) is 0 Å². The highest BCUT2D eigenvalue weighted by Gasteiger charge is 2.09. The van der Waals surface area contributed by atoms with E-state index in [2.05, 4.69) is 5.32 Å². The molecule has 1 aromatic rings. The molecule has 0 spiro atoms. The van der Waals surface area contributed by atoms with Gasteiger partial charge in [0.25, 0.3) is 5.91 Å². The van der Waals surface area contributed by atoms with Crippen LogP contribution in [0.1, 0.15) is 30.1 Å². The van der Waals surface area contributed by atoms with Crippen LogP contribution in [-0.2, 0) is 4.74 Å². The molecule has 0 unspecified atom stereocenters. The van der Waals surface area contributed by atoms with Gasteiger partial charge in [-0.15, -0.1) is 0 Å². The molecule has 0 aromatic heterocycles. The summed E-state index contributed by atoms with van der Waals surface area (Å²) in [6.45, 7) is 3.95. The first kappa shape index (κ1) is 14.3. The summed E-state index contributed by atoms with van der Waals surface area (Å²) in [4.78, 5) is 11.8. The highest BCUT2D eigenvalue weighted by molar-refractivity contribution is 5.99. The fraction of sp³-hybridized carbons (Fsp3) is 0.462. The summed E-state index contributed by atoms with van der Waals surface area (Å²) < 4.78 is 5.30. The zero-order chi connectivity index (χ0) is 13.4. The Hall–Kier alpha value is -1.75. The zero-order valence-electron chi connectivity index (χ0n) is 10.6. The fourth-order valence-electron chi connectivity index (χ4n) is 1.46. The van der Waals surface area contributed by atoms with E-state index in [9.17, 15) is 9.90 Å². The van der Waals surface area contributed by atoms with E-state index in [-0.39, 0.29) is 11.7 Å². The van der Waals surface area contributed by atoms with Crippen LogP contribution in [0.15, 0.2) is 18.2 Å². The molecule has 0 fully saturated rings. The number of hydrogen-bond donors (Lipinski definition) is 3. The molecule has 18 heavy (non-hydrogen) atoms. The van der Waals surface area contributed by atoms with Crippen LogP contribution < -0.4 is 11.1 Å². The van der Waals surface area contributed by atoms with Crippen LogP contribution in [0.4, 0.5) is 5.69 Å². The largest absolute Gasteiger partial charge is 0.508 e. The molecule has 5 heteroatoms. The van der Waals surface area contributed by atoms with Crippen molar-refractivity contribution in [3.8, 4) is 5.75 Å². The van der Waals surface area contributed by atoms with Crippen LogP contribution in [0.2, 0.25) is 0 Å². The molecule has 5 nitrogen and oxygen atoms in total. The van der Waals surface area contributed by atoms with Gasteiger partial charge in [0.1, 0.15) is 5.75 Å².